The molecule has 0 unspecified atom stereocenters. The Morgan fingerprint density at radius 1 is 1.35 bits per heavy atom. The Bertz CT molecular complexity index is 639. The zero-order valence-electron chi connectivity index (χ0n) is 10.9. The van der Waals surface area contributed by atoms with Crippen LogP contribution in [0.3, 0.4) is 0 Å². The van der Waals surface area contributed by atoms with E-state index in [4.69, 9.17) is 0 Å². The van der Waals surface area contributed by atoms with Gasteiger partial charge in [0.25, 0.3) is 0 Å². The maximum Gasteiger partial charge on any atom is 0.306 e. The lowest BCUT2D eigenvalue weighted by Crippen LogP contribution is -2.32. The van der Waals surface area contributed by atoms with Crippen molar-refractivity contribution in [3.8, 4) is 0 Å². The Morgan fingerprint density at radius 2 is 1.95 bits per heavy atom. The van der Waals surface area contributed by atoms with Gasteiger partial charge in [0.2, 0.25) is 15.8 Å². The summed E-state index contributed by atoms with van der Waals surface area (Å²) in [6, 6.07) is 1.73. The third-order valence-corrected chi connectivity index (χ3v) is 4.89. The van der Waals surface area contributed by atoms with Gasteiger partial charge in [0.15, 0.2) is 0 Å². The van der Waals surface area contributed by atoms with Crippen molar-refractivity contribution in [3.63, 3.8) is 0 Å². The van der Waals surface area contributed by atoms with Crippen LogP contribution in [0.5, 0.6) is 0 Å². The number of benzene rings is 1. The average Bonchev–Trinajstić information content (AvgIpc) is 2.83. The van der Waals surface area contributed by atoms with Gasteiger partial charge in [0, 0.05) is 12.1 Å². The maximum atomic E-state index is 13.6. The summed E-state index contributed by atoms with van der Waals surface area (Å²) in [7, 11) is -3.86. The number of aryl methyl sites for hydroxylation is 1. The first kappa shape index (κ1) is 14.9. The third-order valence-electron chi connectivity index (χ3n) is 3.39. The molecular weight excluding hydrogens is 287 g/mol. The molecule has 0 amide bonds. The van der Waals surface area contributed by atoms with Gasteiger partial charge in [-0.15, -0.1) is 0 Å². The molecule has 0 aliphatic heterocycles. The van der Waals surface area contributed by atoms with Crippen LogP contribution >= 0.6 is 0 Å². The standard InChI is InChI=1S/C12H15FN2O4S/c1-8-6-10(7-11(12(8)13)15(16)17)20(18,19)14-9-4-2-3-5-9/h6-7,9,14H,2-5H2,1H3. The van der Waals surface area contributed by atoms with Crippen LogP contribution in [0, 0.1) is 22.9 Å². The molecule has 0 saturated heterocycles. The lowest BCUT2D eigenvalue weighted by molar-refractivity contribution is -0.387. The topological polar surface area (TPSA) is 89.3 Å². The second-order valence-corrected chi connectivity index (χ2v) is 6.65. The quantitative estimate of drug-likeness (QED) is 0.682. The van der Waals surface area contributed by atoms with Crippen LogP contribution in [0.4, 0.5) is 10.1 Å². The summed E-state index contributed by atoms with van der Waals surface area (Å²) in [6.07, 6.45) is 3.41. The molecule has 0 bridgehead atoms. The van der Waals surface area contributed by atoms with E-state index < -0.39 is 26.5 Å². The normalized spacial score (nSPS) is 16.5. The second kappa shape index (κ2) is 5.45. The number of halogens is 1. The summed E-state index contributed by atoms with van der Waals surface area (Å²) in [4.78, 5) is 9.56. The van der Waals surface area contributed by atoms with Crippen molar-refractivity contribution >= 4 is 15.7 Å². The summed E-state index contributed by atoms with van der Waals surface area (Å²) in [5.74, 6) is -1.00. The van der Waals surface area contributed by atoms with Crippen molar-refractivity contribution < 1.29 is 17.7 Å². The fourth-order valence-corrected chi connectivity index (χ4v) is 3.75. The highest BCUT2D eigenvalue weighted by molar-refractivity contribution is 7.89. The number of sulfonamides is 1. The van der Waals surface area contributed by atoms with Crippen molar-refractivity contribution in [1.82, 2.24) is 4.72 Å². The van der Waals surface area contributed by atoms with E-state index in [0.717, 1.165) is 37.8 Å². The van der Waals surface area contributed by atoms with Crippen molar-refractivity contribution in [3.05, 3.63) is 33.6 Å². The Labute approximate surface area is 116 Å². The first-order valence-electron chi connectivity index (χ1n) is 6.28. The van der Waals surface area contributed by atoms with E-state index in [2.05, 4.69) is 4.72 Å². The van der Waals surface area contributed by atoms with E-state index in [-0.39, 0.29) is 16.5 Å². The summed E-state index contributed by atoms with van der Waals surface area (Å²) in [5.41, 5.74) is -0.886. The number of nitrogens with zero attached hydrogens (tertiary/aromatic N) is 1. The predicted octanol–water partition coefficient (Wildman–Crippen LogP) is 2.26. The van der Waals surface area contributed by atoms with Gasteiger partial charge in [-0.3, -0.25) is 10.1 Å². The van der Waals surface area contributed by atoms with Gasteiger partial charge in [-0.2, -0.15) is 4.39 Å². The Balaban J connectivity index is 2.38. The van der Waals surface area contributed by atoms with Gasteiger partial charge in [0.1, 0.15) is 0 Å². The minimum atomic E-state index is -3.86. The molecule has 1 aromatic carbocycles. The Morgan fingerprint density at radius 3 is 2.50 bits per heavy atom. The number of nitrogens with one attached hydrogen (secondary N) is 1. The number of nitro groups is 1. The fourth-order valence-electron chi connectivity index (χ4n) is 2.34. The monoisotopic (exact) mass is 302 g/mol. The minimum absolute atomic E-state index is 0.0639. The van der Waals surface area contributed by atoms with E-state index in [9.17, 15) is 22.9 Å². The summed E-state index contributed by atoms with van der Waals surface area (Å²) in [5, 5.41) is 10.7. The highest BCUT2D eigenvalue weighted by Gasteiger charge is 2.27. The van der Waals surface area contributed by atoms with Crippen LogP contribution in [0.25, 0.3) is 0 Å². The molecule has 0 atom stereocenters. The highest BCUT2D eigenvalue weighted by Crippen LogP contribution is 2.26. The van der Waals surface area contributed by atoms with Crippen LogP contribution in [0.1, 0.15) is 31.2 Å². The number of rotatable bonds is 4. The number of hydrogen-bond acceptors (Lipinski definition) is 4. The summed E-state index contributed by atoms with van der Waals surface area (Å²) < 4.78 is 40.4. The molecule has 1 aliphatic rings. The van der Waals surface area contributed by atoms with E-state index in [1.807, 2.05) is 0 Å². The molecule has 6 nitrogen and oxygen atoms in total. The molecule has 1 N–H and O–H groups in total. The first-order valence-corrected chi connectivity index (χ1v) is 7.76. The van der Waals surface area contributed by atoms with Gasteiger partial charge in [-0.05, 0) is 31.4 Å². The zero-order valence-corrected chi connectivity index (χ0v) is 11.7. The molecule has 0 spiro atoms. The average molecular weight is 302 g/mol. The van der Waals surface area contributed by atoms with Crippen molar-refractivity contribution in [2.75, 3.05) is 0 Å². The molecule has 1 aromatic rings. The summed E-state index contributed by atoms with van der Waals surface area (Å²) >= 11 is 0. The number of hydrogen-bond donors (Lipinski definition) is 1. The lowest BCUT2D eigenvalue weighted by Gasteiger charge is -2.13. The van der Waals surface area contributed by atoms with Crippen molar-refractivity contribution in [1.29, 1.82) is 0 Å². The van der Waals surface area contributed by atoms with Crippen LogP contribution in [-0.2, 0) is 10.0 Å². The van der Waals surface area contributed by atoms with Gasteiger partial charge in [-0.1, -0.05) is 12.8 Å². The molecule has 0 heterocycles. The van der Waals surface area contributed by atoms with E-state index in [0.29, 0.717) is 0 Å². The van der Waals surface area contributed by atoms with Gasteiger partial charge < -0.3 is 0 Å². The fraction of sp³-hybridized carbons (Fsp3) is 0.500. The number of nitro benzene ring substituents is 1. The molecule has 20 heavy (non-hydrogen) atoms. The van der Waals surface area contributed by atoms with Crippen molar-refractivity contribution in [2.24, 2.45) is 0 Å². The maximum absolute atomic E-state index is 13.6. The van der Waals surface area contributed by atoms with Gasteiger partial charge in [-0.25, -0.2) is 13.1 Å². The Kier molecular flexibility index (Phi) is 4.05. The lowest BCUT2D eigenvalue weighted by atomic mass is 10.2. The largest absolute Gasteiger partial charge is 0.306 e. The van der Waals surface area contributed by atoms with E-state index >= 15 is 0 Å². The molecule has 1 fully saturated rings. The molecular formula is C12H15FN2O4S. The molecule has 0 aromatic heterocycles. The van der Waals surface area contributed by atoms with Crippen LogP contribution in [0.2, 0.25) is 0 Å². The second-order valence-electron chi connectivity index (χ2n) is 4.93. The molecule has 8 heteroatoms. The van der Waals surface area contributed by atoms with Crippen LogP contribution in [-0.4, -0.2) is 19.4 Å². The van der Waals surface area contributed by atoms with Gasteiger partial charge in [0.05, 0.1) is 9.82 Å². The third kappa shape index (κ3) is 2.96. The van der Waals surface area contributed by atoms with Crippen LogP contribution < -0.4 is 4.72 Å². The van der Waals surface area contributed by atoms with Gasteiger partial charge >= 0.3 is 5.69 Å². The smallest absolute Gasteiger partial charge is 0.258 e. The first-order chi connectivity index (χ1) is 9.31. The zero-order chi connectivity index (χ0) is 14.9. The SMILES string of the molecule is Cc1cc(S(=O)(=O)NC2CCCC2)cc([N+](=O)[O-])c1F. The molecule has 1 saturated carbocycles. The van der Waals surface area contributed by atoms with Crippen molar-refractivity contribution in [2.45, 2.75) is 43.5 Å². The molecule has 2 rings (SSSR count). The molecule has 1 aliphatic carbocycles. The van der Waals surface area contributed by atoms with E-state index in [1.165, 1.54) is 6.92 Å². The van der Waals surface area contributed by atoms with Crippen LogP contribution in [0.15, 0.2) is 17.0 Å². The predicted molar refractivity (Wildman–Crippen MR) is 70.4 cm³/mol. The van der Waals surface area contributed by atoms with E-state index in [1.54, 1.807) is 0 Å². The highest BCUT2D eigenvalue weighted by atomic mass is 32.2. The molecule has 0 radical (unpaired) electrons. The minimum Gasteiger partial charge on any atom is -0.258 e. The summed E-state index contributed by atoms with van der Waals surface area (Å²) in [6.45, 7) is 1.30. The molecule has 110 valence electrons. The Hall–Kier alpha value is -1.54.